The van der Waals surface area contributed by atoms with Crippen LogP contribution in [0.5, 0.6) is 0 Å². The summed E-state index contributed by atoms with van der Waals surface area (Å²) in [6.07, 6.45) is 3.35. The highest BCUT2D eigenvalue weighted by molar-refractivity contribution is 9.10. The third-order valence-electron chi connectivity index (χ3n) is 1.59. The van der Waals surface area contributed by atoms with Gasteiger partial charge in [0.1, 0.15) is 0 Å². The van der Waals surface area contributed by atoms with E-state index in [-0.39, 0.29) is 5.88 Å². The quantitative estimate of drug-likeness (QED) is 0.780. The van der Waals surface area contributed by atoms with Gasteiger partial charge in [0.2, 0.25) is 0 Å². The van der Waals surface area contributed by atoms with Crippen molar-refractivity contribution in [1.29, 1.82) is 0 Å². The normalized spacial score (nSPS) is 10.4. The van der Waals surface area contributed by atoms with Gasteiger partial charge in [-0.25, -0.2) is 0 Å². The third-order valence-corrected chi connectivity index (χ3v) is 2.26. The van der Waals surface area contributed by atoms with Crippen LogP contribution in [-0.2, 0) is 5.88 Å². The molecule has 5 nitrogen and oxygen atoms in total. The molecule has 2 aromatic rings. The Morgan fingerprint density at radius 1 is 1.43 bits per heavy atom. The monoisotopic (exact) mass is 273 g/mol. The molecular formula is C7H5BrClN5. The van der Waals surface area contributed by atoms with Crippen molar-refractivity contribution in [3.63, 3.8) is 0 Å². The summed E-state index contributed by atoms with van der Waals surface area (Å²) in [5.41, 5.74) is 0.778. The molecule has 2 heterocycles. The zero-order valence-corrected chi connectivity index (χ0v) is 9.27. The van der Waals surface area contributed by atoms with Gasteiger partial charge in [0.05, 0.1) is 17.8 Å². The number of rotatable bonds is 2. The number of nitrogens with zero attached hydrogens (tertiary/aromatic N) is 5. The fourth-order valence-corrected chi connectivity index (χ4v) is 1.53. The number of hydrogen-bond donors (Lipinski definition) is 0. The van der Waals surface area contributed by atoms with Gasteiger partial charge in [0, 0.05) is 10.7 Å². The molecular weight excluding hydrogens is 269 g/mol. The summed E-state index contributed by atoms with van der Waals surface area (Å²) < 4.78 is 2.41. The van der Waals surface area contributed by atoms with Gasteiger partial charge in [-0.3, -0.25) is 4.98 Å². The van der Waals surface area contributed by atoms with Crippen LogP contribution in [0.1, 0.15) is 5.82 Å². The zero-order valence-electron chi connectivity index (χ0n) is 6.93. The first-order valence-electron chi connectivity index (χ1n) is 3.75. The predicted molar refractivity (Wildman–Crippen MR) is 54.2 cm³/mol. The Bertz CT molecular complexity index is 443. The van der Waals surface area contributed by atoms with Crippen LogP contribution in [0.4, 0.5) is 0 Å². The lowest BCUT2D eigenvalue weighted by atomic mass is 10.4. The lowest BCUT2D eigenvalue weighted by Gasteiger charge is -2.01. The van der Waals surface area contributed by atoms with E-state index < -0.39 is 0 Å². The van der Waals surface area contributed by atoms with Gasteiger partial charge in [-0.15, -0.1) is 16.7 Å². The smallest absolute Gasteiger partial charge is 0.171 e. The minimum absolute atomic E-state index is 0.263. The Morgan fingerprint density at radius 2 is 2.29 bits per heavy atom. The van der Waals surface area contributed by atoms with Crippen LogP contribution in [0.15, 0.2) is 22.9 Å². The fourth-order valence-electron chi connectivity index (χ4n) is 1.01. The number of halogens is 2. The van der Waals surface area contributed by atoms with Crippen molar-refractivity contribution in [3.05, 3.63) is 28.8 Å². The van der Waals surface area contributed by atoms with Gasteiger partial charge < -0.3 is 0 Å². The molecule has 0 aliphatic rings. The van der Waals surface area contributed by atoms with E-state index in [1.165, 1.54) is 0 Å². The molecule has 0 bridgehead atoms. The fraction of sp³-hybridized carbons (Fsp3) is 0.143. The van der Waals surface area contributed by atoms with Crippen molar-refractivity contribution in [2.75, 3.05) is 0 Å². The number of pyridine rings is 1. The Morgan fingerprint density at radius 3 is 3.00 bits per heavy atom. The molecule has 0 radical (unpaired) electrons. The van der Waals surface area contributed by atoms with Crippen LogP contribution in [0.25, 0.3) is 5.69 Å². The van der Waals surface area contributed by atoms with Crippen molar-refractivity contribution in [3.8, 4) is 5.69 Å². The molecule has 2 aromatic heterocycles. The third kappa shape index (κ3) is 1.76. The second-order valence-corrected chi connectivity index (χ2v) is 3.68. The van der Waals surface area contributed by atoms with E-state index in [1.807, 2.05) is 6.07 Å². The first kappa shape index (κ1) is 9.54. The molecule has 72 valence electrons. The number of aromatic nitrogens is 5. The maximum atomic E-state index is 5.67. The van der Waals surface area contributed by atoms with Gasteiger partial charge in [0.15, 0.2) is 5.82 Å². The van der Waals surface area contributed by atoms with Crippen molar-refractivity contribution < 1.29 is 0 Å². The zero-order chi connectivity index (χ0) is 9.97. The maximum Gasteiger partial charge on any atom is 0.171 e. The molecule has 0 amide bonds. The molecule has 0 spiro atoms. The molecule has 0 aliphatic carbocycles. The van der Waals surface area contributed by atoms with Crippen LogP contribution in [0, 0.1) is 0 Å². The van der Waals surface area contributed by atoms with E-state index in [0.29, 0.717) is 5.82 Å². The van der Waals surface area contributed by atoms with E-state index in [0.717, 1.165) is 10.2 Å². The molecule has 0 saturated heterocycles. The van der Waals surface area contributed by atoms with Crippen molar-refractivity contribution >= 4 is 27.5 Å². The summed E-state index contributed by atoms with van der Waals surface area (Å²) >= 11 is 8.98. The molecule has 0 fully saturated rings. The lowest BCUT2D eigenvalue weighted by Crippen LogP contribution is -2.01. The summed E-state index contributed by atoms with van der Waals surface area (Å²) in [7, 11) is 0. The first-order chi connectivity index (χ1) is 6.81. The summed E-state index contributed by atoms with van der Waals surface area (Å²) in [6, 6.07) is 1.86. The second-order valence-electron chi connectivity index (χ2n) is 2.50. The van der Waals surface area contributed by atoms with Crippen LogP contribution < -0.4 is 0 Å². The van der Waals surface area contributed by atoms with Crippen LogP contribution >= 0.6 is 27.5 Å². The number of tetrazole rings is 1. The highest BCUT2D eigenvalue weighted by Crippen LogP contribution is 2.13. The molecule has 0 aliphatic heterocycles. The number of hydrogen-bond acceptors (Lipinski definition) is 4. The Labute approximate surface area is 93.2 Å². The van der Waals surface area contributed by atoms with E-state index in [1.54, 1.807) is 17.1 Å². The van der Waals surface area contributed by atoms with Gasteiger partial charge in [-0.05, 0) is 32.4 Å². The highest BCUT2D eigenvalue weighted by Gasteiger charge is 2.06. The van der Waals surface area contributed by atoms with Gasteiger partial charge >= 0.3 is 0 Å². The average molecular weight is 275 g/mol. The summed E-state index contributed by atoms with van der Waals surface area (Å²) in [5, 5.41) is 11.1. The highest BCUT2D eigenvalue weighted by atomic mass is 79.9. The van der Waals surface area contributed by atoms with Gasteiger partial charge in [-0.1, -0.05) is 0 Å². The molecule has 0 aromatic carbocycles. The Balaban J connectivity index is 2.49. The lowest BCUT2D eigenvalue weighted by molar-refractivity contribution is 0.773. The van der Waals surface area contributed by atoms with E-state index in [9.17, 15) is 0 Å². The van der Waals surface area contributed by atoms with Gasteiger partial charge in [0.25, 0.3) is 0 Å². The molecule has 2 rings (SSSR count). The molecule has 0 unspecified atom stereocenters. The molecule has 0 saturated carbocycles. The van der Waals surface area contributed by atoms with Crippen molar-refractivity contribution in [1.82, 2.24) is 25.2 Å². The summed E-state index contributed by atoms with van der Waals surface area (Å²) in [6.45, 7) is 0. The Hall–Kier alpha value is -1.01. The number of alkyl halides is 1. The predicted octanol–water partition coefficient (Wildman–Crippen LogP) is 1.56. The molecule has 0 atom stereocenters. The van der Waals surface area contributed by atoms with Crippen LogP contribution in [0.2, 0.25) is 0 Å². The van der Waals surface area contributed by atoms with E-state index in [4.69, 9.17) is 11.6 Å². The van der Waals surface area contributed by atoms with E-state index >= 15 is 0 Å². The summed E-state index contributed by atoms with van der Waals surface area (Å²) in [4.78, 5) is 4.01. The molecule has 7 heteroatoms. The first-order valence-corrected chi connectivity index (χ1v) is 5.08. The minimum Gasteiger partial charge on any atom is -0.261 e. The van der Waals surface area contributed by atoms with Crippen LogP contribution in [-0.4, -0.2) is 25.2 Å². The standard InChI is InChI=1S/C7H5BrClN5/c8-5-1-6(4-10-3-5)14-7(2-9)11-12-13-14/h1,3-4H,2H2. The minimum atomic E-state index is 0.263. The Kier molecular flexibility index (Phi) is 2.74. The average Bonchev–Trinajstić information content (AvgIpc) is 2.65. The van der Waals surface area contributed by atoms with Crippen molar-refractivity contribution in [2.24, 2.45) is 0 Å². The maximum absolute atomic E-state index is 5.67. The largest absolute Gasteiger partial charge is 0.261 e. The molecule has 14 heavy (non-hydrogen) atoms. The van der Waals surface area contributed by atoms with Crippen molar-refractivity contribution in [2.45, 2.75) is 5.88 Å². The second kappa shape index (κ2) is 4.02. The topological polar surface area (TPSA) is 56.5 Å². The SMILES string of the molecule is ClCc1nnnn1-c1cncc(Br)c1. The molecule has 0 N–H and O–H groups in total. The van der Waals surface area contributed by atoms with E-state index in [2.05, 4.69) is 36.4 Å². The van der Waals surface area contributed by atoms with Gasteiger partial charge in [-0.2, -0.15) is 4.68 Å². The van der Waals surface area contributed by atoms with Crippen LogP contribution in [0.3, 0.4) is 0 Å². The summed E-state index contributed by atoms with van der Waals surface area (Å²) in [5.74, 6) is 0.853.